The Morgan fingerprint density at radius 1 is 1.00 bits per heavy atom. The average molecular weight is 341 g/mol. The van der Waals surface area contributed by atoms with Gasteiger partial charge in [0.2, 0.25) is 0 Å². The molecule has 0 aliphatic heterocycles. The number of anilines is 1. The van der Waals surface area contributed by atoms with Gasteiger partial charge in [0, 0.05) is 16.9 Å². The molecule has 0 saturated carbocycles. The Morgan fingerprint density at radius 2 is 1.71 bits per heavy atom. The predicted molar refractivity (Wildman–Crippen MR) is 95.5 cm³/mol. The summed E-state index contributed by atoms with van der Waals surface area (Å²) in [6.07, 6.45) is 1.64. The van der Waals surface area contributed by atoms with Gasteiger partial charge in [0.05, 0.1) is 16.9 Å². The Hall–Kier alpha value is -2.60. The van der Waals surface area contributed by atoms with E-state index >= 15 is 0 Å². The summed E-state index contributed by atoms with van der Waals surface area (Å²) in [5.41, 5.74) is 5.05. The molecular weight excluding hydrogens is 322 g/mol. The third-order valence-electron chi connectivity index (χ3n) is 3.86. The number of hydrogen-bond acceptors (Lipinski definition) is 3. The molecule has 0 spiro atoms. The minimum atomic E-state index is -3.61. The number of hydrogen-bond donors (Lipinski definition) is 2. The van der Waals surface area contributed by atoms with E-state index in [-0.39, 0.29) is 0 Å². The molecule has 0 saturated heterocycles. The highest BCUT2D eigenvalue weighted by molar-refractivity contribution is 7.92. The second kappa shape index (κ2) is 6.13. The summed E-state index contributed by atoms with van der Waals surface area (Å²) in [6.45, 7) is 5.68. The molecule has 2 N–H and O–H groups in total. The van der Waals surface area contributed by atoms with Crippen molar-refractivity contribution in [2.45, 2.75) is 25.7 Å². The Labute approximate surface area is 141 Å². The summed E-state index contributed by atoms with van der Waals surface area (Å²) >= 11 is 0. The third-order valence-corrected chi connectivity index (χ3v) is 5.40. The molecule has 0 fully saturated rings. The van der Waals surface area contributed by atoms with Gasteiger partial charge < -0.3 is 4.98 Å². The van der Waals surface area contributed by atoms with Gasteiger partial charge in [-0.1, -0.05) is 29.8 Å². The fourth-order valence-corrected chi connectivity index (χ4v) is 3.94. The van der Waals surface area contributed by atoms with Gasteiger partial charge in [0.15, 0.2) is 0 Å². The topological polar surface area (TPSA) is 74.8 Å². The van der Waals surface area contributed by atoms with E-state index in [1.54, 1.807) is 37.5 Å². The lowest BCUT2D eigenvalue weighted by Crippen LogP contribution is -2.14. The molecule has 6 heteroatoms. The molecule has 1 heterocycles. The third kappa shape index (κ3) is 3.19. The van der Waals surface area contributed by atoms with Crippen molar-refractivity contribution in [3.63, 3.8) is 0 Å². The largest absolute Gasteiger partial charge is 0.348 e. The molecular formula is C18H19N3O2S. The van der Waals surface area contributed by atoms with E-state index < -0.39 is 10.0 Å². The van der Waals surface area contributed by atoms with Crippen LogP contribution in [0.4, 0.5) is 5.69 Å². The lowest BCUT2D eigenvalue weighted by Gasteiger charge is -2.11. The summed E-state index contributed by atoms with van der Waals surface area (Å²) in [6, 6.07) is 12.5. The quantitative estimate of drug-likeness (QED) is 0.758. The normalized spacial score (nSPS) is 11.5. The van der Waals surface area contributed by atoms with Gasteiger partial charge in [-0.05, 0) is 44.5 Å². The highest BCUT2D eigenvalue weighted by Crippen LogP contribution is 2.24. The zero-order valence-corrected chi connectivity index (χ0v) is 14.6. The number of nitrogens with zero attached hydrogens (tertiary/aromatic N) is 1. The van der Waals surface area contributed by atoms with Gasteiger partial charge in [-0.3, -0.25) is 4.72 Å². The molecule has 3 rings (SSSR count). The number of aromatic nitrogens is 2. The van der Waals surface area contributed by atoms with Crippen LogP contribution in [0.3, 0.4) is 0 Å². The molecule has 5 nitrogen and oxygen atoms in total. The van der Waals surface area contributed by atoms with Crippen molar-refractivity contribution in [2.75, 3.05) is 4.72 Å². The second-order valence-corrected chi connectivity index (χ2v) is 7.48. The smallest absolute Gasteiger partial charge is 0.262 e. The first kappa shape index (κ1) is 16.3. The number of rotatable bonds is 4. The van der Waals surface area contributed by atoms with Crippen LogP contribution in [-0.2, 0) is 10.0 Å². The maximum Gasteiger partial charge on any atom is 0.262 e. The van der Waals surface area contributed by atoms with Crippen LogP contribution in [0.5, 0.6) is 0 Å². The zero-order chi connectivity index (χ0) is 17.3. The molecule has 24 heavy (non-hydrogen) atoms. The van der Waals surface area contributed by atoms with E-state index in [9.17, 15) is 8.42 Å². The lowest BCUT2D eigenvalue weighted by atomic mass is 10.1. The van der Waals surface area contributed by atoms with Crippen molar-refractivity contribution in [1.29, 1.82) is 0 Å². The number of H-pyrrole nitrogens is 1. The summed E-state index contributed by atoms with van der Waals surface area (Å²) in [4.78, 5) is 7.59. The van der Waals surface area contributed by atoms with Crippen LogP contribution in [0.2, 0.25) is 0 Å². The van der Waals surface area contributed by atoms with Gasteiger partial charge in [-0.25, -0.2) is 13.4 Å². The van der Waals surface area contributed by atoms with Crippen molar-refractivity contribution in [2.24, 2.45) is 0 Å². The van der Waals surface area contributed by atoms with Crippen molar-refractivity contribution < 1.29 is 8.42 Å². The Balaban J connectivity index is 1.86. The number of benzene rings is 2. The maximum absolute atomic E-state index is 12.6. The van der Waals surface area contributed by atoms with Gasteiger partial charge in [0.1, 0.15) is 0 Å². The molecule has 0 bridgehead atoms. The first-order valence-electron chi connectivity index (χ1n) is 7.57. The van der Waals surface area contributed by atoms with E-state index in [1.165, 1.54) is 0 Å². The number of aromatic amines is 1. The van der Waals surface area contributed by atoms with Crippen LogP contribution < -0.4 is 4.72 Å². The van der Waals surface area contributed by atoms with Crippen LogP contribution in [0, 0.1) is 20.8 Å². The van der Waals surface area contributed by atoms with E-state index in [0.717, 1.165) is 28.1 Å². The molecule has 0 amide bonds. The predicted octanol–water partition coefficient (Wildman–Crippen LogP) is 3.80. The summed E-state index contributed by atoms with van der Waals surface area (Å²) in [5, 5.41) is 0. The van der Waals surface area contributed by atoms with Crippen molar-refractivity contribution in [3.8, 4) is 11.3 Å². The van der Waals surface area contributed by atoms with Gasteiger partial charge in [-0.2, -0.15) is 0 Å². The number of imidazole rings is 1. The Morgan fingerprint density at radius 3 is 2.29 bits per heavy atom. The van der Waals surface area contributed by atoms with Crippen molar-refractivity contribution in [3.05, 3.63) is 65.6 Å². The molecule has 3 aromatic rings. The zero-order valence-electron chi connectivity index (χ0n) is 13.8. The van der Waals surface area contributed by atoms with Crippen molar-refractivity contribution >= 4 is 15.7 Å². The molecule has 0 radical (unpaired) electrons. The van der Waals surface area contributed by atoms with E-state index in [0.29, 0.717) is 10.6 Å². The minimum absolute atomic E-state index is 0.292. The van der Waals surface area contributed by atoms with E-state index in [2.05, 4.69) is 14.7 Å². The van der Waals surface area contributed by atoms with Gasteiger partial charge in [-0.15, -0.1) is 0 Å². The highest BCUT2D eigenvalue weighted by Gasteiger charge is 2.17. The second-order valence-electron chi connectivity index (χ2n) is 5.83. The van der Waals surface area contributed by atoms with Crippen LogP contribution in [0.1, 0.15) is 16.8 Å². The molecule has 124 valence electrons. The molecule has 2 aromatic carbocycles. The van der Waals surface area contributed by atoms with Crippen LogP contribution in [0.15, 0.2) is 53.7 Å². The van der Waals surface area contributed by atoms with Gasteiger partial charge >= 0.3 is 0 Å². The minimum Gasteiger partial charge on any atom is -0.348 e. The SMILES string of the molecule is Cc1ccc(S(=O)(=O)Nc2ccc(-c3nc[nH]c3C)cc2)c(C)c1. The monoisotopic (exact) mass is 341 g/mol. The lowest BCUT2D eigenvalue weighted by molar-refractivity contribution is 0.600. The van der Waals surface area contributed by atoms with E-state index in [4.69, 9.17) is 0 Å². The fourth-order valence-electron chi connectivity index (χ4n) is 2.66. The van der Waals surface area contributed by atoms with E-state index in [1.807, 2.05) is 32.0 Å². The summed E-state index contributed by atoms with van der Waals surface area (Å²) < 4.78 is 27.8. The van der Waals surface area contributed by atoms with Crippen LogP contribution in [0.25, 0.3) is 11.3 Å². The molecule has 1 aromatic heterocycles. The molecule has 0 unspecified atom stereocenters. The van der Waals surface area contributed by atoms with Crippen LogP contribution >= 0.6 is 0 Å². The number of nitrogens with one attached hydrogen (secondary N) is 2. The summed E-state index contributed by atoms with van der Waals surface area (Å²) in [5.74, 6) is 0. The Kier molecular flexibility index (Phi) is 4.15. The first-order chi connectivity index (χ1) is 11.4. The number of sulfonamides is 1. The summed E-state index contributed by atoms with van der Waals surface area (Å²) in [7, 11) is -3.61. The molecule has 0 aliphatic rings. The number of aryl methyl sites for hydroxylation is 3. The van der Waals surface area contributed by atoms with Crippen molar-refractivity contribution in [1.82, 2.24) is 9.97 Å². The van der Waals surface area contributed by atoms with Crippen LogP contribution in [-0.4, -0.2) is 18.4 Å². The average Bonchev–Trinajstić information content (AvgIpc) is 2.93. The molecule has 0 aliphatic carbocycles. The first-order valence-corrected chi connectivity index (χ1v) is 9.05. The fraction of sp³-hybridized carbons (Fsp3) is 0.167. The standard InChI is InChI=1S/C18H19N3O2S/c1-12-4-9-17(13(2)10-12)24(22,23)21-16-7-5-15(6-8-16)18-14(3)19-11-20-18/h4-11,21H,1-3H3,(H,19,20). The van der Waals surface area contributed by atoms with Gasteiger partial charge in [0.25, 0.3) is 10.0 Å². The molecule has 0 atom stereocenters. The Bertz CT molecular complexity index is 974. The maximum atomic E-state index is 12.6. The highest BCUT2D eigenvalue weighted by atomic mass is 32.2.